The third-order valence-corrected chi connectivity index (χ3v) is 8.36. The van der Waals surface area contributed by atoms with Crippen LogP contribution in [0, 0.1) is 5.92 Å². The Kier molecular flexibility index (Phi) is 6.71. The summed E-state index contributed by atoms with van der Waals surface area (Å²) in [7, 11) is 1.39. The van der Waals surface area contributed by atoms with Crippen molar-refractivity contribution in [1.82, 2.24) is 4.98 Å². The van der Waals surface area contributed by atoms with Gasteiger partial charge in [0.1, 0.15) is 5.00 Å². The zero-order valence-electron chi connectivity index (χ0n) is 19.6. The van der Waals surface area contributed by atoms with E-state index in [0.717, 1.165) is 52.2 Å². The second-order valence-electron chi connectivity index (χ2n) is 8.75. The minimum Gasteiger partial charge on any atom is -0.465 e. The number of esters is 1. The number of amides is 1. The molecule has 178 valence electrons. The number of nitrogens with zero attached hydrogens (tertiary/aromatic N) is 1. The van der Waals surface area contributed by atoms with Gasteiger partial charge in [0.25, 0.3) is 5.91 Å². The third-order valence-electron chi connectivity index (χ3n) is 6.66. The summed E-state index contributed by atoms with van der Waals surface area (Å²) >= 11 is 4.97. The van der Waals surface area contributed by atoms with Gasteiger partial charge in [-0.1, -0.05) is 59.6 Å². The first-order valence-electron chi connectivity index (χ1n) is 11.7. The lowest BCUT2D eigenvalue weighted by Gasteiger charge is -2.20. The predicted octanol–water partition coefficient (Wildman–Crippen LogP) is 7.28. The quantitative estimate of drug-likeness (QED) is 0.266. The van der Waals surface area contributed by atoms with Crippen LogP contribution in [-0.4, -0.2) is 24.0 Å². The molecule has 7 heteroatoms. The second kappa shape index (κ2) is 9.91. The number of nitrogens with one attached hydrogen (secondary N) is 1. The molecule has 0 fully saturated rings. The molecule has 0 saturated heterocycles. The molecule has 0 aliphatic heterocycles. The van der Waals surface area contributed by atoms with Crippen molar-refractivity contribution < 1.29 is 14.3 Å². The summed E-state index contributed by atoms with van der Waals surface area (Å²) in [6.07, 6.45) is 3.91. The number of para-hydroxylation sites is 1. The average Bonchev–Trinajstić information content (AvgIpc) is 3.24. The molecule has 35 heavy (non-hydrogen) atoms. The summed E-state index contributed by atoms with van der Waals surface area (Å²) in [6, 6.07) is 17.3. The summed E-state index contributed by atoms with van der Waals surface area (Å²) in [5.41, 5.74) is 4.41. The van der Waals surface area contributed by atoms with E-state index < -0.39 is 5.97 Å². The van der Waals surface area contributed by atoms with Gasteiger partial charge >= 0.3 is 5.97 Å². The van der Waals surface area contributed by atoms with Gasteiger partial charge in [-0.25, -0.2) is 9.78 Å². The summed E-state index contributed by atoms with van der Waals surface area (Å²) in [5, 5.41) is 4.38. The molecule has 4 aromatic rings. The van der Waals surface area contributed by atoms with Crippen molar-refractivity contribution in [1.29, 1.82) is 0 Å². The van der Waals surface area contributed by atoms with Crippen molar-refractivity contribution in [2.24, 2.45) is 5.92 Å². The van der Waals surface area contributed by atoms with Crippen molar-refractivity contribution in [3.63, 3.8) is 0 Å². The van der Waals surface area contributed by atoms with Crippen LogP contribution < -0.4 is 5.32 Å². The number of rotatable bonds is 5. The zero-order valence-corrected chi connectivity index (χ0v) is 22.0. The summed E-state index contributed by atoms with van der Waals surface area (Å²) in [4.78, 5) is 32.4. The molecule has 5 nitrogen and oxygen atoms in total. The molecular weight excluding hydrogens is 524 g/mol. The number of benzene rings is 2. The Bertz CT molecular complexity index is 1430. The predicted molar refractivity (Wildman–Crippen MR) is 144 cm³/mol. The third kappa shape index (κ3) is 4.62. The van der Waals surface area contributed by atoms with E-state index in [0.29, 0.717) is 27.7 Å². The molecule has 0 bridgehead atoms. The van der Waals surface area contributed by atoms with Crippen LogP contribution >= 0.6 is 27.3 Å². The number of anilines is 1. The van der Waals surface area contributed by atoms with Gasteiger partial charge in [0, 0.05) is 20.3 Å². The first kappa shape index (κ1) is 23.7. The van der Waals surface area contributed by atoms with Crippen molar-refractivity contribution in [3.8, 4) is 11.3 Å². The highest BCUT2D eigenvalue weighted by atomic mass is 79.9. The average molecular weight is 549 g/mol. The van der Waals surface area contributed by atoms with E-state index in [4.69, 9.17) is 9.72 Å². The molecule has 1 aliphatic carbocycles. The molecule has 5 rings (SSSR count). The van der Waals surface area contributed by atoms with Crippen LogP contribution in [0.2, 0.25) is 0 Å². The van der Waals surface area contributed by atoms with Gasteiger partial charge in [-0.3, -0.25) is 4.79 Å². The number of carbonyl (C=O) groups is 2. The van der Waals surface area contributed by atoms with Crippen LogP contribution in [-0.2, 0) is 17.6 Å². The molecule has 1 aliphatic rings. The van der Waals surface area contributed by atoms with E-state index in [1.54, 1.807) is 0 Å². The summed E-state index contributed by atoms with van der Waals surface area (Å²) in [5.74, 6) is -0.0616. The highest BCUT2D eigenvalue weighted by Crippen LogP contribution is 2.41. The van der Waals surface area contributed by atoms with Crippen LogP contribution in [0.3, 0.4) is 0 Å². The number of methoxy groups -OCH3 is 1. The summed E-state index contributed by atoms with van der Waals surface area (Å²) in [6.45, 7) is 2.20. The highest BCUT2D eigenvalue weighted by Gasteiger charge is 2.30. The van der Waals surface area contributed by atoms with Crippen molar-refractivity contribution in [2.45, 2.75) is 32.6 Å². The molecule has 1 N–H and O–H groups in total. The van der Waals surface area contributed by atoms with Gasteiger partial charge in [0.2, 0.25) is 0 Å². The number of hydrogen-bond acceptors (Lipinski definition) is 5. The molecule has 1 unspecified atom stereocenters. The van der Waals surface area contributed by atoms with E-state index in [2.05, 4.69) is 28.2 Å². The number of halogens is 1. The lowest BCUT2D eigenvalue weighted by molar-refractivity contribution is 0.0601. The smallest absolute Gasteiger partial charge is 0.341 e. The second-order valence-corrected chi connectivity index (χ2v) is 10.8. The first-order chi connectivity index (χ1) is 17.0. The maximum Gasteiger partial charge on any atom is 0.341 e. The fourth-order valence-electron chi connectivity index (χ4n) is 4.71. The van der Waals surface area contributed by atoms with Gasteiger partial charge in [-0.15, -0.1) is 11.3 Å². The largest absolute Gasteiger partial charge is 0.465 e. The maximum atomic E-state index is 13.7. The number of aromatic nitrogens is 1. The minimum absolute atomic E-state index is 0.266. The van der Waals surface area contributed by atoms with Crippen LogP contribution in [0.1, 0.15) is 50.9 Å². The topological polar surface area (TPSA) is 68.3 Å². The van der Waals surface area contributed by atoms with Gasteiger partial charge < -0.3 is 10.1 Å². The van der Waals surface area contributed by atoms with Crippen LogP contribution in [0.15, 0.2) is 59.1 Å². The number of hydrogen-bond donors (Lipinski definition) is 1. The van der Waals surface area contributed by atoms with Crippen molar-refractivity contribution in [3.05, 3.63) is 80.6 Å². The van der Waals surface area contributed by atoms with Crippen LogP contribution in [0.5, 0.6) is 0 Å². The number of fused-ring (bicyclic) bond motifs is 2. The molecule has 1 atom stereocenters. The molecule has 0 spiro atoms. The molecule has 2 aromatic carbocycles. The maximum absolute atomic E-state index is 13.7. The van der Waals surface area contributed by atoms with E-state index in [-0.39, 0.29) is 5.91 Å². The molecule has 0 saturated carbocycles. The lowest BCUT2D eigenvalue weighted by Crippen LogP contribution is -2.17. The standard InChI is InChI=1S/C28H25BrN2O3S/c1-3-16-8-13-20-24(14-16)35-27(25(20)28(33)34-2)31-26(32)21-15-23(17-9-11-18(29)12-10-17)30-22-7-5-4-6-19(21)22/h4-7,9-12,15-16H,3,8,13-14H2,1-2H3,(H,31,32). The Morgan fingerprint density at radius 2 is 1.94 bits per heavy atom. The van der Waals surface area contributed by atoms with Gasteiger partial charge in [-0.2, -0.15) is 0 Å². The van der Waals surface area contributed by atoms with E-state index in [1.807, 2.05) is 54.6 Å². The van der Waals surface area contributed by atoms with E-state index in [9.17, 15) is 9.59 Å². The Morgan fingerprint density at radius 1 is 1.17 bits per heavy atom. The molecular formula is C28H25BrN2O3S. The van der Waals surface area contributed by atoms with Gasteiger partial charge in [0.15, 0.2) is 0 Å². The molecule has 2 aromatic heterocycles. The Morgan fingerprint density at radius 3 is 2.69 bits per heavy atom. The number of thiophene rings is 1. The minimum atomic E-state index is -0.400. The van der Waals surface area contributed by atoms with Gasteiger partial charge in [-0.05, 0) is 55.0 Å². The van der Waals surface area contributed by atoms with E-state index >= 15 is 0 Å². The molecule has 1 amide bonds. The highest BCUT2D eigenvalue weighted by molar-refractivity contribution is 9.10. The number of carbonyl (C=O) groups excluding carboxylic acids is 2. The van der Waals surface area contributed by atoms with E-state index in [1.165, 1.54) is 23.3 Å². The first-order valence-corrected chi connectivity index (χ1v) is 13.3. The van der Waals surface area contributed by atoms with Crippen LogP contribution in [0.4, 0.5) is 5.00 Å². The Hall–Kier alpha value is -3.03. The number of pyridine rings is 1. The monoisotopic (exact) mass is 548 g/mol. The van der Waals surface area contributed by atoms with Crippen LogP contribution in [0.25, 0.3) is 22.2 Å². The Labute approximate surface area is 216 Å². The molecule has 0 radical (unpaired) electrons. The van der Waals surface area contributed by atoms with Crippen molar-refractivity contribution >= 4 is 55.0 Å². The SMILES string of the molecule is CCC1CCc2c(sc(NC(=O)c3cc(-c4ccc(Br)cc4)nc4ccccc34)c2C(=O)OC)C1. The zero-order chi connectivity index (χ0) is 24.5. The molecule has 2 heterocycles. The number of ether oxygens (including phenoxy) is 1. The fraction of sp³-hybridized carbons (Fsp3) is 0.250. The lowest BCUT2D eigenvalue weighted by atomic mass is 9.85. The fourth-order valence-corrected chi connectivity index (χ4v) is 6.32. The summed E-state index contributed by atoms with van der Waals surface area (Å²) < 4.78 is 6.08. The van der Waals surface area contributed by atoms with Crippen molar-refractivity contribution in [2.75, 3.05) is 12.4 Å². The normalized spacial score (nSPS) is 15.0. The van der Waals surface area contributed by atoms with Gasteiger partial charge in [0.05, 0.1) is 29.4 Å². The Balaban J connectivity index is 1.57.